The predicted molar refractivity (Wildman–Crippen MR) is 65.4 cm³/mol. The highest BCUT2D eigenvalue weighted by molar-refractivity contribution is 6.31. The Kier molecular flexibility index (Phi) is 4.65. The summed E-state index contributed by atoms with van der Waals surface area (Å²) in [5.41, 5.74) is -0.535. The molecule has 0 aromatic heterocycles. The number of nitrogens with one attached hydrogen (secondary N) is 1. The molecule has 0 bridgehead atoms. The number of carbonyl (C=O) groups is 2. The summed E-state index contributed by atoms with van der Waals surface area (Å²) in [6.07, 6.45) is -0.723. The van der Waals surface area contributed by atoms with Gasteiger partial charge in [0, 0.05) is 11.1 Å². The molecule has 0 aliphatic heterocycles. The monoisotopic (exact) mass is 288 g/mol. The molecule has 1 aromatic carbocycles. The van der Waals surface area contributed by atoms with Crippen LogP contribution < -0.4 is 5.32 Å². The van der Waals surface area contributed by atoms with Crippen LogP contribution in [0.2, 0.25) is 5.02 Å². The maximum atomic E-state index is 10.9. The summed E-state index contributed by atoms with van der Waals surface area (Å²) in [5, 5.41) is 30.7. The molecule has 0 aliphatic carbocycles. The van der Waals surface area contributed by atoms with E-state index in [4.69, 9.17) is 21.8 Å². The lowest BCUT2D eigenvalue weighted by Crippen LogP contribution is -2.32. The van der Waals surface area contributed by atoms with Crippen molar-refractivity contribution in [3.05, 3.63) is 33.3 Å². The number of nitro benzene ring substituents is 1. The molecule has 0 amide bonds. The first-order valence-corrected chi connectivity index (χ1v) is 5.34. The van der Waals surface area contributed by atoms with E-state index < -0.39 is 29.3 Å². The number of hydrogen-bond donors (Lipinski definition) is 3. The summed E-state index contributed by atoms with van der Waals surface area (Å²) in [7, 11) is 0. The Labute approximate surface area is 111 Å². The van der Waals surface area contributed by atoms with Crippen molar-refractivity contribution in [2.45, 2.75) is 12.5 Å². The lowest BCUT2D eigenvalue weighted by Gasteiger charge is -2.13. The molecular formula is C10H9ClN2O6. The smallest absolute Gasteiger partial charge is 0.326 e. The van der Waals surface area contributed by atoms with Crippen LogP contribution >= 0.6 is 11.6 Å². The fraction of sp³-hybridized carbons (Fsp3) is 0.200. The molecule has 0 saturated heterocycles. The third-order valence-corrected chi connectivity index (χ3v) is 2.40. The van der Waals surface area contributed by atoms with Crippen molar-refractivity contribution in [1.82, 2.24) is 0 Å². The highest BCUT2D eigenvalue weighted by atomic mass is 35.5. The molecule has 3 N–H and O–H groups in total. The molecule has 0 unspecified atom stereocenters. The number of aliphatic carboxylic acids is 2. The van der Waals surface area contributed by atoms with Crippen molar-refractivity contribution in [3.63, 3.8) is 0 Å². The second kappa shape index (κ2) is 6.01. The highest BCUT2D eigenvalue weighted by Crippen LogP contribution is 2.28. The van der Waals surface area contributed by atoms with Gasteiger partial charge in [0.15, 0.2) is 0 Å². The van der Waals surface area contributed by atoms with Gasteiger partial charge < -0.3 is 15.5 Å². The van der Waals surface area contributed by atoms with Gasteiger partial charge in [-0.05, 0) is 12.1 Å². The molecule has 1 atom stereocenters. The first-order valence-electron chi connectivity index (χ1n) is 4.96. The summed E-state index contributed by atoms with van der Waals surface area (Å²) in [5.74, 6) is -2.78. The third kappa shape index (κ3) is 4.11. The van der Waals surface area contributed by atoms with E-state index in [-0.39, 0.29) is 16.4 Å². The Morgan fingerprint density at radius 3 is 2.53 bits per heavy atom. The topological polar surface area (TPSA) is 130 Å². The number of nitrogens with zero attached hydrogens (tertiary/aromatic N) is 1. The van der Waals surface area contributed by atoms with E-state index in [9.17, 15) is 19.7 Å². The second-order valence-electron chi connectivity index (χ2n) is 3.55. The van der Waals surface area contributed by atoms with E-state index in [2.05, 4.69) is 5.32 Å². The van der Waals surface area contributed by atoms with E-state index in [0.29, 0.717) is 0 Å². The van der Waals surface area contributed by atoms with Crippen molar-refractivity contribution in [3.8, 4) is 0 Å². The van der Waals surface area contributed by atoms with Gasteiger partial charge in [-0.1, -0.05) is 11.6 Å². The van der Waals surface area contributed by atoms with Gasteiger partial charge >= 0.3 is 11.9 Å². The normalized spacial score (nSPS) is 11.6. The van der Waals surface area contributed by atoms with Crippen LogP contribution in [-0.4, -0.2) is 33.1 Å². The van der Waals surface area contributed by atoms with Gasteiger partial charge in [-0.2, -0.15) is 0 Å². The van der Waals surface area contributed by atoms with Gasteiger partial charge in [-0.25, -0.2) is 4.79 Å². The Morgan fingerprint density at radius 2 is 2.05 bits per heavy atom. The molecule has 0 spiro atoms. The zero-order valence-corrected chi connectivity index (χ0v) is 10.1. The molecule has 19 heavy (non-hydrogen) atoms. The van der Waals surface area contributed by atoms with Crippen LogP contribution in [0.25, 0.3) is 0 Å². The second-order valence-corrected chi connectivity index (χ2v) is 3.99. The lowest BCUT2D eigenvalue weighted by atomic mass is 10.2. The molecule has 9 heteroatoms. The van der Waals surface area contributed by atoms with Gasteiger partial charge in [0.1, 0.15) is 11.7 Å². The van der Waals surface area contributed by atoms with Gasteiger partial charge in [0.05, 0.1) is 11.3 Å². The van der Waals surface area contributed by atoms with Crippen LogP contribution in [0.5, 0.6) is 0 Å². The molecule has 1 rings (SSSR count). The van der Waals surface area contributed by atoms with E-state index in [1.165, 1.54) is 6.07 Å². The van der Waals surface area contributed by atoms with Crippen molar-refractivity contribution < 1.29 is 24.7 Å². The minimum atomic E-state index is -1.49. The molecule has 0 heterocycles. The Balaban J connectivity index is 3.07. The number of nitro groups is 1. The van der Waals surface area contributed by atoms with Crippen molar-refractivity contribution in [2.75, 3.05) is 5.32 Å². The molecule has 102 valence electrons. The van der Waals surface area contributed by atoms with Crippen LogP contribution in [-0.2, 0) is 9.59 Å². The number of rotatable bonds is 6. The minimum absolute atomic E-state index is 0.147. The van der Waals surface area contributed by atoms with E-state index in [1.54, 1.807) is 0 Å². The van der Waals surface area contributed by atoms with Crippen molar-refractivity contribution in [1.29, 1.82) is 0 Å². The molecule has 0 saturated carbocycles. The number of benzene rings is 1. The number of carboxylic acid groups (broad SMARTS) is 2. The fourth-order valence-electron chi connectivity index (χ4n) is 1.35. The zero-order chi connectivity index (χ0) is 14.6. The van der Waals surface area contributed by atoms with Crippen molar-refractivity contribution >= 4 is 34.9 Å². The standard InChI is InChI=1S/C10H9ClN2O6/c11-5-1-2-8(13(18)19)6(3-5)12-7(10(16)17)4-9(14)15/h1-3,7,12H,4H2,(H,14,15)(H,16,17)/t7-/m1/s1. The molecule has 0 fully saturated rings. The molecule has 0 radical (unpaired) electrons. The zero-order valence-electron chi connectivity index (χ0n) is 9.37. The summed E-state index contributed by atoms with van der Waals surface area (Å²) in [6.45, 7) is 0. The molecule has 8 nitrogen and oxygen atoms in total. The van der Waals surface area contributed by atoms with E-state index in [0.717, 1.165) is 12.1 Å². The van der Waals surface area contributed by atoms with Gasteiger partial charge in [0.25, 0.3) is 5.69 Å². The van der Waals surface area contributed by atoms with Crippen LogP contribution in [0.3, 0.4) is 0 Å². The number of anilines is 1. The first kappa shape index (κ1) is 14.7. The fourth-order valence-corrected chi connectivity index (χ4v) is 1.52. The maximum Gasteiger partial charge on any atom is 0.326 e. The average Bonchev–Trinajstić information content (AvgIpc) is 2.26. The summed E-state index contributed by atoms with van der Waals surface area (Å²) >= 11 is 5.66. The number of hydrogen-bond acceptors (Lipinski definition) is 5. The van der Waals surface area contributed by atoms with E-state index >= 15 is 0 Å². The SMILES string of the molecule is O=C(O)C[C@@H](Nc1cc(Cl)ccc1[N+](=O)[O-])C(=O)O. The number of carboxylic acids is 2. The van der Waals surface area contributed by atoms with Crippen LogP contribution in [0.15, 0.2) is 18.2 Å². The van der Waals surface area contributed by atoms with Crippen molar-refractivity contribution in [2.24, 2.45) is 0 Å². The van der Waals surface area contributed by atoms with Crippen LogP contribution in [0, 0.1) is 10.1 Å². The minimum Gasteiger partial charge on any atom is -0.481 e. The van der Waals surface area contributed by atoms with Crippen LogP contribution in [0.4, 0.5) is 11.4 Å². The lowest BCUT2D eigenvalue weighted by molar-refractivity contribution is -0.384. The Hall–Kier alpha value is -2.35. The van der Waals surface area contributed by atoms with Gasteiger partial charge in [0.2, 0.25) is 0 Å². The Morgan fingerprint density at radius 1 is 1.42 bits per heavy atom. The third-order valence-electron chi connectivity index (χ3n) is 2.16. The van der Waals surface area contributed by atoms with E-state index in [1.807, 2.05) is 0 Å². The summed E-state index contributed by atoms with van der Waals surface area (Å²) in [6, 6.07) is 2.05. The molecule has 1 aromatic rings. The van der Waals surface area contributed by atoms with Gasteiger partial charge in [-0.3, -0.25) is 14.9 Å². The van der Waals surface area contributed by atoms with Crippen LogP contribution in [0.1, 0.15) is 6.42 Å². The summed E-state index contributed by atoms with van der Waals surface area (Å²) in [4.78, 5) is 31.4. The number of halogens is 1. The van der Waals surface area contributed by atoms with Gasteiger partial charge in [-0.15, -0.1) is 0 Å². The highest BCUT2D eigenvalue weighted by Gasteiger charge is 2.24. The quantitative estimate of drug-likeness (QED) is 0.535. The first-order chi connectivity index (χ1) is 8.81. The average molecular weight is 289 g/mol. The summed E-state index contributed by atoms with van der Waals surface area (Å²) < 4.78 is 0. The predicted octanol–water partition coefficient (Wildman–Crippen LogP) is 1.59. The molecule has 0 aliphatic rings. The Bertz CT molecular complexity index is 533. The maximum absolute atomic E-state index is 10.9. The molecular weight excluding hydrogens is 280 g/mol. The largest absolute Gasteiger partial charge is 0.481 e.